The van der Waals surface area contributed by atoms with Crippen molar-refractivity contribution in [3.05, 3.63) is 87.0 Å². The molecule has 0 bridgehead atoms. The topological polar surface area (TPSA) is 123 Å². The van der Waals surface area contributed by atoms with E-state index in [1.807, 2.05) is 24.3 Å². The molecule has 204 valence electrons. The molecule has 1 heterocycles. The number of hydrogen-bond acceptors (Lipinski definition) is 7. The highest BCUT2D eigenvalue weighted by atomic mass is 35.5. The summed E-state index contributed by atoms with van der Waals surface area (Å²) < 4.78 is 34.1. The van der Waals surface area contributed by atoms with Crippen molar-refractivity contribution in [2.75, 3.05) is 13.4 Å². The normalized spacial score (nSPS) is 12.3. The number of halogens is 2. The van der Waals surface area contributed by atoms with Gasteiger partial charge in [-0.1, -0.05) is 47.5 Å². The number of ether oxygens (including phenoxy) is 1. The molecule has 0 radical (unpaired) electrons. The van der Waals surface area contributed by atoms with Gasteiger partial charge in [0.2, 0.25) is 0 Å². The second kappa shape index (κ2) is 11.9. The van der Waals surface area contributed by atoms with Crippen LogP contribution >= 0.6 is 34.7 Å². The number of carbonyl (C=O) groups excluding carboxylic acids is 1. The van der Waals surface area contributed by atoms with Crippen LogP contribution in [0.5, 0.6) is 5.75 Å². The first-order chi connectivity index (χ1) is 18.5. The summed E-state index contributed by atoms with van der Waals surface area (Å²) in [6, 6.07) is 13.9. The predicted octanol–water partition coefficient (Wildman–Crippen LogP) is 5.23. The van der Waals surface area contributed by atoms with Crippen molar-refractivity contribution in [1.82, 2.24) is 9.69 Å². The molecule has 0 fully saturated rings. The number of sulfone groups is 1. The Kier molecular flexibility index (Phi) is 8.80. The number of aliphatic carboxylic acids is 1. The third-order valence-corrected chi connectivity index (χ3v) is 8.93. The summed E-state index contributed by atoms with van der Waals surface area (Å²) >= 11 is 14.2. The molecule has 1 aromatic heterocycles. The molecule has 1 unspecified atom stereocenters. The summed E-state index contributed by atoms with van der Waals surface area (Å²) in [6.45, 7) is 0. The molecule has 0 spiro atoms. The Balaban J connectivity index is 1.56. The van der Waals surface area contributed by atoms with E-state index >= 15 is 0 Å². The molecule has 12 heteroatoms. The highest BCUT2D eigenvalue weighted by molar-refractivity contribution is 7.90. The quantitative estimate of drug-likeness (QED) is 0.253. The van der Waals surface area contributed by atoms with E-state index in [-0.39, 0.29) is 26.9 Å². The van der Waals surface area contributed by atoms with Gasteiger partial charge >= 0.3 is 5.97 Å². The number of nitrogens with zero attached hydrogens (tertiary/aromatic N) is 1. The SMILES string of the molecule is COc1cccc(CCc2nsc3c(Cl)c(C(=O)NC(Cc4cccc(S(C)(=O)=O)c4)C(=O)O)c(Cl)cc23)c1. The third kappa shape index (κ3) is 6.70. The van der Waals surface area contributed by atoms with Crippen LogP contribution in [0.2, 0.25) is 10.0 Å². The summed E-state index contributed by atoms with van der Waals surface area (Å²) in [5.74, 6) is -1.29. The molecule has 0 saturated carbocycles. The standard InChI is InChI=1S/C27H24Cl2N2O6S2/c1-37-17-7-3-5-15(11-17)9-10-21-19-14-20(28)23(24(29)25(19)38-31-21)26(32)30-22(27(33)34)13-16-6-4-8-18(12-16)39(2,35)36/h3-8,11-12,14,22H,9-10,13H2,1-2H3,(H,30,32)(H,33,34). The Hall–Kier alpha value is -3.18. The zero-order valence-electron chi connectivity index (χ0n) is 20.9. The number of carboxylic acid groups (broad SMARTS) is 1. The maximum absolute atomic E-state index is 13.2. The molecule has 39 heavy (non-hydrogen) atoms. The fourth-order valence-electron chi connectivity index (χ4n) is 4.10. The smallest absolute Gasteiger partial charge is 0.326 e. The lowest BCUT2D eigenvalue weighted by Gasteiger charge is -2.16. The largest absolute Gasteiger partial charge is 0.497 e. The van der Waals surface area contributed by atoms with Crippen LogP contribution in [0.4, 0.5) is 0 Å². The Morgan fingerprint density at radius 2 is 1.79 bits per heavy atom. The molecule has 0 aliphatic heterocycles. The number of hydrogen-bond donors (Lipinski definition) is 2. The number of benzene rings is 3. The van der Waals surface area contributed by atoms with Crippen molar-refractivity contribution in [3.8, 4) is 5.75 Å². The Morgan fingerprint density at radius 3 is 2.49 bits per heavy atom. The number of amides is 1. The molecule has 4 rings (SSSR count). The van der Waals surface area contributed by atoms with Crippen molar-refractivity contribution in [1.29, 1.82) is 0 Å². The van der Waals surface area contributed by atoms with Gasteiger partial charge in [-0.25, -0.2) is 13.2 Å². The molecular weight excluding hydrogens is 583 g/mol. The first kappa shape index (κ1) is 28.8. The summed E-state index contributed by atoms with van der Waals surface area (Å²) in [4.78, 5) is 25.2. The molecule has 2 N–H and O–H groups in total. The zero-order chi connectivity index (χ0) is 28.3. The molecule has 0 aliphatic carbocycles. The summed E-state index contributed by atoms with van der Waals surface area (Å²) in [7, 11) is -1.87. The van der Waals surface area contributed by atoms with Crippen LogP contribution in [-0.2, 0) is 33.9 Å². The van der Waals surface area contributed by atoms with Gasteiger partial charge in [-0.15, -0.1) is 0 Å². The van der Waals surface area contributed by atoms with E-state index in [0.29, 0.717) is 23.1 Å². The van der Waals surface area contributed by atoms with E-state index in [9.17, 15) is 23.1 Å². The van der Waals surface area contributed by atoms with E-state index in [1.165, 1.54) is 18.2 Å². The van der Waals surface area contributed by atoms with Gasteiger partial charge in [0.15, 0.2) is 9.84 Å². The Bertz CT molecular complexity index is 1670. The molecule has 8 nitrogen and oxygen atoms in total. The number of rotatable bonds is 10. The van der Waals surface area contributed by atoms with Crippen LogP contribution in [0.25, 0.3) is 10.1 Å². The maximum atomic E-state index is 13.2. The zero-order valence-corrected chi connectivity index (χ0v) is 24.0. The van der Waals surface area contributed by atoms with E-state index in [0.717, 1.165) is 40.2 Å². The fraction of sp³-hybridized carbons (Fsp3) is 0.222. The second-order valence-corrected chi connectivity index (χ2v) is 12.5. The number of fused-ring (bicyclic) bond motifs is 1. The maximum Gasteiger partial charge on any atom is 0.326 e. The minimum absolute atomic E-state index is 0.0510. The second-order valence-electron chi connectivity index (χ2n) is 8.89. The number of aryl methyl sites for hydroxylation is 2. The first-order valence-electron chi connectivity index (χ1n) is 11.7. The van der Waals surface area contributed by atoms with Crippen LogP contribution < -0.4 is 10.1 Å². The third-order valence-electron chi connectivity index (χ3n) is 6.11. The Labute approximate surface area is 239 Å². The van der Waals surface area contributed by atoms with E-state index in [4.69, 9.17) is 27.9 Å². The lowest BCUT2D eigenvalue weighted by molar-refractivity contribution is -0.139. The average Bonchev–Trinajstić information content (AvgIpc) is 3.29. The number of nitrogens with one attached hydrogen (secondary N) is 1. The van der Waals surface area contributed by atoms with Gasteiger partial charge in [0.1, 0.15) is 11.8 Å². The van der Waals surface area contributed by atoms with Crippen molar-refractivity contribution >= 4 is 66.5 Å². The minimum atomic E-state index is -3.48. The molecule has 1 amide bonds. The van der Waals surface area contributed by atoms with Gasteiger partial charge in [-0.3, -0.25) is 4.79 Å². The van der Waals surface area contributed by atoms with Gasteiger partial charge < -0.3 is 15.2 Å². The van der Waals surface area contributed by atoms with Crippen molar-refractivity contribution in [3.63, 3.8) is 0 Å². The minimum Gasteiger partial charge on any atom is -0.497 e. The van der Waals surface area contributed by atoms with Gasteiger partial charge in [0.25, 0.3) is 5.91 Å². The number of methoxy groups -OCH3 is 1. The van der Waals surface area contributed by atoms with Crippen LogP contribution in [0.3, 0.4) is 0 Å². The van der Waals surface area contributed by atoms with Crippen LogP contribution in [-0.4, -0.2) is 49.2 Å². The average molecular weight is 608 g/mol. The van der Waals surface area contributed by atoms with Gasteiger partial charge in [0, 0.05) is 18.1 Å². The van der Waals surface area contributed by atoms with Gasteiger partial charge in [-0.05, 0) is 65.8 Å². The van der Waals surface area contributed by atoms with Gasteiger partial charge in [-0.2, -0.15) is 4.37 Å². The predicted molar refractivity (Wildman–Crippen MR) is 152 cm³/mol. The number of aromatic nitrogens is 1. The first-order valence-corrected chi connectivity index (χ1v) is 15.1. The van der Waals surface area contributed by atoms with Crippen LogP contribution in [0.1, 0.15) is 27.2 Å². The summed E-state index contributed by atoms with van der Waals surface area (Å²) in [5, 5.41) is 13.1. The molecule has 4 aromatic rings. The summed E-state index contributed by atoms with van der Waals surface area (Å²) in [6.07, 6.45) is 2.23. The highest BCUT2D eigenvalue weighted by Crippen LogP contribution is 2.37. The fourth-order valence-corrected chi connectivity index (χ4v) is 6.37. The lowest BCUT2D eigenvalue weighted by atomic mass is 10.0. The molecular formula is C27H24Cl2N2O6S2. The van der Waals surface area contributed by atoms with Crippen LogP contribution in [0, 0.1) is 0 Å². The van der Waals surface area contributed by atoms with Crippen molar-refractivity contribution < 1.29 is 27.9 Å². The van der Waals surface area contributed by atoms with Gasteiger partial charge in [0.05, 0.1) is 38.0 Å². The Morgan fingerprint density at radius 1 is 1.08 bits per heavy atom. The van der Waals surface area contributed by atoms with Crippen LogP contribution in [0.15, 0.2) is 59.5 Å². The highest BCUT2D eigenvalue weighted by Gasteiger charge is 2.26. The molecule has 3 aromatic carbocycles. The van der Waals surface area contributed by atoms with E-state index < -0.39 is 27.8 Å². The molecule has 0 saturated heterocycles. The van der Waals surface area contributed by atoms with Crippen molar-refractivity contribution in [2.45, 2.75) is 30.2 Å². The monoisotopic (exact) mass is 606 g/mol. The summed E-state index contributed by atoms with van der Waals surface area (Å²) in [5.41, 5.74) is 2.24. The van der Waals surface area contributed by atoms with E-state index in [1.54, 1.807) is 19.2 Å². The van der Waals surface area contributed by atoms with Crippen molar-refractivity contribution in [2.24, 2.45) is 0 Å². The van der Waals surface area contributed by atoms with E-state index in [2.05, 4.69) is 9.69 Å². The number of carbonyl (C=O) groups is 2. The molecule has 0 aliphatic rings. The number of carboxylic acids is 1. The molecule has 1 atom stereocenters. The lowest BCUT2D eigenvalue weighted by Crippen LogP contribution is -2.42.